The Morgan fingerprint density at radius 1 is 0.655 bits per heavy atom. The van der Waals surface area contributed by atoms with Crippen LogP contribution >= 0.6 is 0 Å². The normalized spacial score (nSPS) is 14.2. The summed E-state index contributed by atoms with van der Waals surface area (Å²) in [5, 5.41) is 18.1. The van der Waals surface area contributed by atoms with Crippen LogP contribution < -0.4 is 9.47 Å². The molecular weight excluding hydrogens is 372 g/mol. The van der Waals surface area contributed by atoms with Crippen molar-refractivity contribution in [3.8, 4) is 11.5 Å². The van der Waals surface area contributed by atoms with Crippen LogP contribution in [0.2, 0.25) is 0 Å². The smallest absolute Gasteiger partial charge is 0.151 e. The molecule has 0 heterocycles. The van der Waals surface area contributed by atoms with Crippen LogP contribution in [-0.4, -0.2) is 49.2 Å². The van der Waals surface area contributed by atoms with Crippen LogP contribution in [0, 0.1) is 0 Å². The minimum absolute atomic E-state index is 0.287. The Balaban J connectivity index is 1.89. The van der Waals surface area contributed by atoms with Crippen molar-refractivity contribution >= 4 is 0 Å². The zero-order valence-electron chi connectivity index (χ0n) is 17.4. The third kappa shape index (κ3) is 8.41. The lowest BCUT2D eigenvalue weighted by Gasteiger charge is -2.17. The lowest BCUT2D eigenvalue weighted by atomic mass is 9.89. The van der Waals surface area contributed by atoms with Crippen molar-refractivity contribution in [1.82, 2.24) is 0 Å². The first-order valence-corrected chi connectivity index (χ1v) is 10.0. The highest BCUT2D eigenvalue weighted by Gasteiger charge is 2.12. The average molecular weight is 405 g/mol. The molecule has 0 aliphatic heterocycles. The predicted molar refractivity (Wildman–Crippen MR) is 111 cm³/mol. The molecule has 0 amide bonds. The Morgan fingerprint density at radius 3 is 1.34 bits per heavy atom. The lowest BCUT2D eigenvalue weighted by molar-refractivity contribution is -0.0917. The van der Waals surface area contributed by atoms with Gasteiger partial charge in [0.15, 0.2) is 12.6 Å². The molecule has 2 aromatic rings. The lowest BCUT2D eigenvalue weighted by Crippen LogP contribution is -2.13. The van der Waals surface area contributed by atoms with Crippen LogP contribution in [0.25, 0.3) is 0 Å². The second-order valence-corrected chi connectivity index (χ2v) is 6.74. The molecule has 2 rings (SSSR count). The highest BCUT2D eigenvalue weighted by Crippen LogP contribution is 2.30. The minimum atomic E-state index is -0.777. The first-order valence-electron chi connectivity index (χ1n) is 10.0. The van der Waals surface area contributed by atoms with Crippen molar-refractivity contribution in [1.29, 1.82) is 0 Å². The van der Waals surface area contributed by atoms with Crippen molar-refractivity contribution in [3.63, 3.8) is 0 Å². The summed E-state index contributed by atoms with van der Waals surface area (Å²) in [6.45, 7) is 6.79. The van der Waals surface area contributed by atoms with E-state index < -0.39 is 12.6 Å². The van der Waals surface area contributed by atoms with Gasteiger partial charge in [-0.2, -0.15) is 0 Å². The van der Waals surface area contributed by atoms with Gasteiger partial charge in [-0.15, -0.1) is 0 Å². The number of hydrogen-bond donors (Lipinski definition) is 2. The number of ether oxygens (including phenoxy) is 4. The summed E-state index contributed by atoms with van der Waals surface area (Å²) in [7, 11) is 0. The summed E-state index contributed by atoms with van der Waals surface area (Å²) in [6, 6.07) is 16.2. The molecule has 0 saturated heterocycles. The fraction of sp³-hybridized carbons (Fsp3) is 0.478. The van der Waals surface area contributed by atoms with Crippen LogP contribution in [-0.2, 0) is 9.47 Å². The molecule has 6 heteroatoms. The van der Waals surface area contributed by atoms with Gasteiger partial charge in [0.1, 0.15) is 24.7 Å². The average Bonchev–Trinajstić information content (AvgIpc) is 2.71. The quantitative estimate of drug-likeness (QED) is 0.392. The summed E-state index contributed by atoms with van der Waals surface area (Å²) < 4.78 is 21.4. The van der Waals surface area contributed by atoms with E-state index in [1.54, 1.807) is 13.8 Å². The van der Waals surface area contributed by atoms with Crippen LogP contribution in [0.15, 0.2) is 48.5 Å². The number of aliphatic hydroxyl groups excluding tert-OH is 2. The molecule has 0 aliphatic rings. The summed E-state index contributed by atoms with van der Waals surface area (Å²) in [4.78, 5) is 0. The largest absolute Gasteiger partial charge is 0.491 e. The zero-order chi connectivity index (χ0) is 21.1. The summed E-state index contributed by atoms with van der Waals surface area (Å²) >= 11 is 0. The number of benzene rings is 2. The molecule has 29 heavy (non-hydrogen) atoms. The van der Waals surface area contributed by atoms with Gasteiger partial charge >= 0.3 is 0 Å². The van der Waals surface area contributed by atoms with Gasteiger partial charge in [0.05, 0.1) is 13.2 Å². The number of aliphatic hydroxyl groups is 2. The fourth-order valence-corrected chi connectivity index (χ4v) is 3.01. The van der Waals surface area contributed by atoms with Gasteiger partial charge in [0.25, 0.3) is 0 Å². The van der Waals surface area contributed by atoms with Gasteiger partial charge < -0.3 is 29.2 Å². The predicted octanol–water partition coefficient (Wildman–Crippen LogP) is 3.70. The van der Waals surface area contributed by atoms with Crippen molar-refractivity contribution in [2.75, 3.05) is 26.4 Å². The molecule has 2 atom stereocenters. The van der Waals surface area contributed by atoms with E-state index in [4.69, 9.17) is 29.2 Å². The Labute approximate surface area is 173 Å². The van der Waals surface area contributed by atoms with E-state index >= 15 is 0 Å². The molecule has 0 spiro atoms. The molecule has 2 unspecified atom stereocenters. The second-order valence-electron chi connectivity index (χ2n) is 6.74. The van der Waals surface area contributed by atoms with E-state index in [0.29, 0.717) is 26.4 Å². The first kappa shape index (κ1) is 23.2. The highest BCUT2D eigenvalue weighted by atomic mass is 16.6. The third-order valence-corrected chi connectivity index (χ3v) is 4.40. The van der Waals surface area contributed by atoms with E-state index in [-0.39, 0.29) is 5.92 Å². The van der Waals surface area contributed by atoms with Crippen LogP contribution in [0.4, 0.5) is 0 Å². The maximum absolute atomic E-state index is 9.07. The van der Waals surface area contributed by atoms with Gasteiger partial charge in [-0.1, -0.05) is 31.2 Å². The molecule has 0 fully saturated rings. The highest BCUT2D eigenvalue weighted by molar-refractivity contribution is 5.38. The fourth-order valence-electron chi connectivity index (χ4n) is 3.01. The molecule has 2 N–H and O–H groups in total. The molecule has 0 aromatic heterocycles. The first-order chi connectivity index (χ1) is 14.0. The third-order valence-electron chi connectivity index (χ3n) is 4.40. The number of hydrogen-bond acceptors (Lipinski definition) is 6. The van der Waals surface area contributed by atoms with E-state index in [9.17, 15) is 0 Å². The Morgan fingerprint density at radius 2 is 1.03 bits per heavy atom. The molecule has 0 bridgehead atoms. The van der Waals surface area contributed by atoms with Crippen molar-refractivity contribution in [3.05, 3.63) is 59.7 Å². The van der Waals surface area contributed by atoms with E-state index in [2.05, 4.69) is 31.2 Å². The summed E-state index contributed by atoms with van der Waals surface area (Å²) in [5.41, 5.74) is 2.44. The summed E-state index contributed by atoms with van der Waals surface area (Å²) in [5.74, 6) is 1.84. The number of rotatable bonds is 13. The second kappa shape index (κ2) is 12.4. The standard InChI is InChI=1S/C23H32O6/c1-4-23(19-5-9-21(10-6-19)28-15-13-26-17(2)24)20-7-11-22(12-8-20)29-16-14-27-18(3)25/h5-12,17-18,23-25H,4,13-16H2,1-3H3. The van der Waals surface area contributed by atoms with Crippen molar-refractivity contribution in [2.24, 2.45) is 0 Å². The van der Waals surface area contributed by atoms with Gasteiger partial charge in [0, 0.05) is 5.92 Å². The van der Waals surface area contributed by atoms with Crippen molar-refractivity contribution in [2.45, 2.75) is 45.7 Å². The van der Waals surface area contributed by atoms with Crippen LogP contribution in [0.3, 0.4) is 0 Å². The Hall–Kier alpha value is -2.12. The van der Waals surface area contributed by atoms with Gasteiger partial charge in [-0.25, -0.2) is 0 Å². The van der Waals surface area contributed by atoms with Crippen molar-refractivity contribution < 1.29 is 29.2 Å². The van der Waals surface area contributed by atoms with Gasteiger partial charge in [0.2, 0.25) is 0 Å². The van der Waals surface area contributed by atoms with Crippen LogP contribution in [0.1, 0.15) is 44.2 Å². The van der Waals surface area contributed by atoms with Gasteiger partial charge in [-0.05, 0) is 55.7 Å². The molecular formula is C23H32O6. The molecule has 0 aliphatic carbocycles. The topological polar surface area (TPSA) is 77.4 Å². The van der Waals surface area contributed by atoms with E-state index in [1.807, 2.05) is 24.3 Å². The van der Waals surface area contributed by atoms with Gasteiger partial charge in [-0.3, -0.25) is 0 Å². The summed E-state index contributed by atoms with van der Waals surface area (Å²) in [6.07, 6.45) is -0.577. The maximum Gasteiger partial charge on any atom is 0.151 e. The van der Waals surface area contributed by atoms with Crippen LogP contribution in [0.5, 0.6) is 11.5 Å². The molecule has 6 nitrogen and oxygen atoms in total. The Kier molecular flexibility index (Phi) is 9.94. The zero-order valence-corrected chi connectivity index (χ0v) is 17.4. The molecule has 160 valence electrons. The van der Waals surface area contributed by atoms with E-state index in [1.165, 1.54) is 11.1 Å². The minimum Gasteiger partial charge on any atom is -0.491 e. The van der Waals surface area contributed by atoms with E-state index in [0.717, 1.165) is 17.9 Å². The SMILES string of the molecule is CCC(c1ccc(OCCOC(C)O)cc1)c1ccc(OCCOC(C)O)cc1. The molecule has 2 aromatic carbocycles. The molecule has 0 radical (unpaired) electrons. The monoisotopic (exact) mass is 404 g/mol. The Bertz CT molecular complexity index is 622. The molecule has 0 saturated carbocycles. The maximum atomic E-state index is 9.07.